The first-order valence-electron chi connectivity index (χ1n) is 7.54. The van der Waals surface area contributed by atoms with Crippen molar-refractivity contribution >= 4 is 0 Å². The topological polar surface area (TPSA) is 29.9 Å². The summed E-state index contributed by atoms with van der Waals surface area (Å²) in [6.45, 7) is 9.03. The van der Waals surface area contributed by atoms with Gasteiger partial charge in [-0.1, -0.05) is 13.0 Å². The third-order valence-corrected chi connectivity index (χ3v) is 3.52. The van der Waals surface area contributed by atoms with Gasteiger partial charge in [0.25, 0.3) is 0 Å². The number of rotatable bonds is 6. The Kier molecular flexibility index (Phi) is 5.12. The average molecular weight is 289 g/mol. The summed E-state index contributed by atoms with van der Waals surface area (Å²) in [4.78, 5) is 0. The van der Waals surface area contributed by atoms with Gasteiger partial charge in [-0.15, -0.1) is 0 Å². The van der Waals surface area contributed by atoms with E-state index in [4.69, 9.17) is 0 Å². The van der Waals surface area contributed by atoms with E-state index in [1.54, 1.807) is 12.1 Å². The van der Waals surface area contributed by atoms with Crippen molar-refractivity contribution in [3.8, 4) is 0 Å². The summed E-state index contributed by atoms with van der Waals surface area (Å²) in [5, 5.41) is 8.01. The molecule has 2 aromatic rings. The summed E-state index contributed by atoms with van der Waals surface area (Å²) >= 11 is 0. The van der Waals surface area contributed by atoms with E-state index in [-0.39, 0.29) is 11.9 Å². The normalized spacial score (nSPS) is 12.9. The first-order valence-corrected chi connectivity index (χ1v) is 7.54. The Balaban J connectivity index is 2.21. The summed E-state index contributed by atoms with van der Waals surface area (Å²) in [6.07, 6.45) is 2.76. The maximum atomic E-state index is 13.6. The summed E-state index contributed by atoms with van der Waals surface area (Å²) < 4.78 is 15.6. The fraction of sp³-hybridized carbons (Fsp3) is 0.471. The summed E-state index contributed by atoms with van der Waals surface area (Å²) in [7, 11) is 0. The van der Waals surface area contributed by atoms with Crippen molar-refractivity contribution in [1.29, 1.82) is 0 Å². The van der Waals surface area contributed by atoms with Crippen LogP contribution < -0.4 is 5.32 Å². The molecule has 0 saturated carbocycles. The van der Waals surface area contributed by atoms with E-state index < -0.39 is 0 Å². The van der Waals surface area contributed by atoms with E-state index in [2.05, 4.69) is 31.2 Å². The molecule has 0 spiro atoms. The maximum absolute atomic E-state index is 13.6. The molecule has 1 aromatic carbocycles. The lowest BCUT2D eigenvalue weighted by Crippen LogP contribution is -2.23. The molecule has 1 aromatic heterocycles. The monoisotopic (exact) mass is 289 g/mol. The molecule has 0 aliphatic heterocycles. The standard InChI is InChI=1S/C17H24FN3/c1-5-19-17(14-8-13(4)9-15(18)10-14)11-16-6-7-21(20-16)12(2)3/h6-10,12,17,19H,5,11H2,1-4H3. The van der Waals surface area contributed by atoms with Crippen LogP contribution >= 0.6 is 0 Å². The van der Waals surface area contributed by atoms with Crippen LogP contribution in [0, 0.1) is 12.7 Å². The number of benzene rings is 1. The minimum absolute atomic E-state index is 0.0833. The van der Waals surface area contributed by atoms with Gasteiger partial charge >= 0.3 is 0 Å². The zero-order valence-corrected chi connectivity index (χ0v) is 13.2. The molecule has 0 bridgehead atoms. The van der Waals surface area contributed by atoms with Crippen LogP contribution in [0.5, 0.6) is 0 Å². The highest BCUT2D eigenvalue weighted by Gasteiger charge is 2.14. The van der Waals surface area contributed by atoms with Crippen molar-refractivity contribution in [2.45, 2.75) is 46.2 Å². The van der Waals surface area contributed by atoms with Crippen LogP contribution in [0.25, 0.3) is 0 Å². The Hall–Kier alpha value is -1.68. The Bertz CT molecular complexity index is 569. The molecular formula is C17H24FN3. The average Bonchev–Trinajstić information content (AvgIpc) is 2.86. The number of hydrogen-bond donors (Lipinski definition) is 1. The lowest BCUT2D eigenvalue weighted by Gasteiger charge is -2.18. The fourth-order valence-corrected chi connectivity index (χ4v) is 2.50. The second-order valence-electron chi connectivity index (χ2n) is 5.76. The lowest BCUT2D eigenvalue weighted by molar-refractivity contribution is 0.504. The minimum atomic E-state index is -0.180. The van der Waals surface area contributed by atoms with E-state index in [9.17, 15) is 4.39 Å². The number of nitrogens with one attached hydrogen (secondary N) is 1. The third kappa shape index (κ3) is 4.14. The van der Waals surface area contributed by atoms with Crippen molar-refractivity contribution in [2.75, 3.05) is 6.54 Å². The van der Waals surface area contributed by atoms with Crippen molar-refractivity contribution in [3.63, 3.8) is 0 Å². The van der Waals surface area contributed by atoms with Crippen LogP contribution in [0.1, 0.15) is 49.7 Å². The Labute approximate surface area is 126 Å². The zero-order chi connectivity index (χ0) is 15.4. The second kappa shape index (κ2) is 6.85. The fourth-order valence-electron chi connectivity index (χ4n) is 2.50. The SMILES string of the molecule is CCNC(Cc1ccn(C(C)C)n1)c1cc(C)cc(F)c1. The predicted molar refractivity (Wildman–Crippen MR) is 83.9 cm³/mol. The van der Waals surface area contributed by atoms with Gasteiger partial charge in [-0.25, -0.2) is 4.39 Å². The third-order valence-electron chi connectivity index (χ3n) is 3.52. The molecule has 0 radical (unpaired) electrons. The number of nitrogens with zero attached hydrogens (tertiary/aromatic N) is 2. The highest BCUT2D eigenvalue weighted by atomic mass is 19.1. The predicted octanol–water partition coefficient (Wildman–Crippen LogP) is 3.80. The van der Waals surface area contributed by atoms with Crippen LogP contribution in [-0.2, 0) is 6.42 Å². The van der Waals surface area contributed by atoms with E-state index in [0.717, 1.165) is 29.8 Å². The summed E-state index contributed by atoms with van der Waals surface area (Å²) in [5.74, 6) is -0.180. The van der Waals surface area contributed by atoms with Crippen LogP contribution in [0.15, 0.2) is 30.5 Å². The highest BCUT2D eigenvalue weighted by molar-refractivity contribution is 5.27. The highest BCUT2D eigenvalue weighted by Crippen LogP contribution is 2.20. The first kappa shape index (κ1) is 15.7. The molecule has 3 nitrogen and oxygen atoms in total. The molecule has 114 valence electrons. The van der Waals surface area contributed by atoms with Gasteiger partial charge in [0.15, 0.2) is 0 Å². The molecule has 0 amide bonds. The Morgan fingerprint density at radius 2 is 2.05 bits per heavy atom. The van der Waals surface area contributed by atoms with Crippen LogP contribution in [0.2, 0.25) is 0 Å². The van der Waals surface area contributed by atoms with Gasteiger partial charge in [0, 0.05) is 24.7 Å². The first-order chi connectivity index (χ1) is 9.99. The molecular weight excluding hydrogens is 265 g/mol. The van der Waals surface area contributed by atoms with E-state index in [0.29, 0.717) is 6.04 Å². The second-order valence-corrected chi connectivity index (χ2v) is 5.76. The molecule has 21 heavy (non-hydrogen) atoms. The van der Waals surface area contributed by atoms with Crippen LogP contribution in [0.4, 0.5) is 4.39 Å². The Morgan fingerprint density at radius 3 is 2.62 bits per heavy atom. The number of likely N-dealkylation sites (N-methyl/N-ethyl adjacent to an activating group) is 1. The minimum Gasteiger partial charge on any atom is -0.310 e. The number of aryl methyl sites for hydroxylation is 1. The van der Waals surface area contributed by atoms with Gasteiger partial charge in [0.05, 0.1) is 5.69 Å². The van der Waals surface area contributed by atoms with Crippen molar-refractivity contribution in [3.05, 3.63) is 53.1 Å². The molecule has 4 heteroatoms. The molecule has 1 heterocycles. The molecule has 1 unspecified atom stereocenters. The van der Waals surface area contributed by atoms with Crippen LogP contribution in [0.3, 0.4) is 0 Å². The molecule has 2 rings (SSSR count). The van der Waals surface area contributed by atoms with E-state index in [1.165, 1.54) is 0 Å². The summed E-state index contributed by atoms with van der Waals surface area (Å²) in [5.41, 5.74) is 2.95. The van der Waals surface area contributed by atoms with Gasteiger partial charge in [-0.05, 0) is 56.6 Å². The van der Waals surface area contributed by atoms with Crippen LogP contribution in [-0.4, -0.2) is 16.3 Å². The smallest absolute Gasteiger partial charge is 0.123 e. The summed E-state index contributed by atoms with van der Waals surface area (Å²) in [6, 6.07) is 7.68. The van der Waals surface area contributed by atoms with Gasteiger partial charge in [-0.3, -0.25) is 4.68 Å². The molecule has 1 N–H and O–H groups in total. The number of hydrogen-bond acceptors (Lipinski definition) is 2. The molecule has 0 aliphatic rings. The Morgan fingerprint density at radius 1 is 1.29 bits per heavy atom. The van der Waals surface area contributed by atoms with Crippen molar-refractivity contribution in [2.24, 2.45) is 0 Å². The largest absolute Gasteiger partial charge is 0.310 e. The zero-order valence-electron chi connectivity index (χ0n) is 13.2. The molecule has 0 aliphatic carbocycles. The van der Waals surface area contributed by atoms with Crippen molar-refractivity contribution in [1.82, 2.24) is 15.1 Å². The van der Waals surface area contributed by atoms with Gasteiger partial charge in [0.1, 0.15) is 5.82 Å². The number of halogens is 1. The molecule has 0 fully saturated rings. The lowest BCUT2D eigenvalue weighted by atomic mass is 10.00. The van der Waals surface area contributed by atoms with Gasteiger partial charge in [0.2, 0.25) is 0 Å². The quantitative estimate of drug-likeness (QED) is 0.876. The van der Waals surface area contributed by atoms with Gasteiger partial charge < -0.3 is 5.32 Å². The van der Waals surface area contributed by atoms with E-state index in [1.807, 2.05) is 29.9 Å². The van der Waals surface area contributed by atoms with E-state index >= 15 is 0 Å². The molecule has 1 atom stereocenters. The molecule has 0 saturated heterocycles. The maximum Gasteiger partial charge on any atom is 0.123 e. The van der Waals surface area contributed by atoms with Crippen molar-refractivity contribution < 1.29 is 4.39 Å². The number of aromatic nitrogens is 2. The van der Waals surface area contributed by atoms with Gasteiger partial charge in [-0.2, -0.15) is 5.10 Å².